The van der Waals surface area contributed by atoms with Gasteiger partial charge < -0.3 is 28.4 Å². The molecule has 0 atom stereocenters. The van der Waals surface area contributed by atoms with E-state index in [4.69, 9.17) is 40.0 Å². The van der Waals surface area contributed by atoms with E-state index in [-0.39, 0.29) is 31.7 Å². The molecule has 3 aromatic carbocycles. The molecular formula is C26H19ClO7. The molecular weight excluding hydrogens is 460 g/mol. The van der Waals surface area contributed by atoms with Crippen molar-refractivity contribution >= 4 is 23.5 Å². The van der Waals surface area contributed by atoms with Gasteiger partial charge in [0, 0.05) is 22.2 Å². The van der Waals surface area contributed by atoms with E-state index in [2.05, 4.69) is 0 Å². The van der Waals surface area contributed by atoms with Crippen LogP contribution in [0.2, 0.25) is 5.02 Å². The molecule has 0 spiro atoms. The Morgan fingerprint density at radius 2 is 1.88 bits per heavy atom. The van der Waals surface area contributed by atoms with Crippen LogP contribution in [0.5, 0.6) is 28.7 Å². The minimum absolute atomic E-state index is 0.172. The second kappa shape index (κ2) is 8.27. The first-order chi connectivity index (χ1) is 16.5. The van der Waals surface area contributed by atoms with Crippen LogP contribution in [-0.2, 0) is 18.0 Å². The normalized spacial score (nSPS) is 16.6. The number of Topliss-reactive ketones (excluding diaryl/α,β-unsaturated/α-hetero) is 1. The van der Waals surface area contributed by atoms with Crippen molar-refractivity contribution in [2.45, 2.75) is 20.1 Å². The van der Waals surface area contributed by atoms with Gasteiger partial charge in [-0.05, 0) is 54.5 Å². The Balaban J connectivity index is 1.24. The summed E-state index contributed by atoms with van der Waals surface area (Å²) in [4.78, 5) is 13.0. The van der Waals surface area contributed by atoms with Crippen LogP contribution in [0.4, 0.5) is 0 Å². The maximum Gasteiger partial charge on any atom is 0.232 e. The van der Waals surface area contributed by atoms with Crippen LogP contribution in [0.3, 0.4) is 0 Å². The number of carbonyl (C=O) groups is 1. The lowest BCUT2D eigenvalue weighted by molar-refractivity contribution is -0.0175. The lowest BCUT2D eigenvalue weighted by Gasteiger charge is -2.21. The first-order valence-electron chi connectivity index (χ1n) is 10.7. The van der Waals surface area contributed by atoms with E-state index in [1.165, 1.54) is 0 Å². The van der Waals surface area contributed by atoms with Crippen LogP contribution in [0.1, 0.15) is 32.6 Å². The number of rotatable bonds is 4. The van der Waals surface area contributed by atoms with Crippen molar-refractivity contribution in [1.82, 2.24) is 0 Å². The zero-order valence-corrected chi connectivity index (χ0v) is 18.9. The zero-order valence-electron chi connectivity index (χ0n) is 18.2. The molecule has 8 heteroatoms. The highest BCUT2D eigenvalue weighted by Crippen LogP contribution is 2.39. The highest BCUT2D eigenvalue weighted by atomic mass is 35.5. The molecule has 6 rings (SSSR count). The van der Waals surface area contributed by atoms with Crippen molar-refractivity contribution < 1.29 is 33.2 Å². The molecule has 172 valence electrons. The van der Waals surface area contributed by atoms with Crippen LogP contribution >= 0.6 is 11.6 Å². The van der Waals surface area contributed by atoms with E-state index in [1.807, 2.05) is 43.3 Å². The van der Waals surface area contributed by atoms with E-state index in [1.54, 1.807) is 12.1 Å². The van der Waals surface area contributed by atoms with Gasteiger partial charge in [0.15, 0.2) is 24.1 Å². The number of fused-ring (bicyclic) bond motifs is 3. The highest BCUT2D eigenvalue weighted by Gasteiger charge is 2.30. The second-order valence-corrected chi connectivity index (χ2v) is 8.55. The summed E-state index contributed by atoms with van der Waals surface area (Å²) >= 11 is 6.25. The molecule has 0 aliphatic carbocycles. The molecule has 0 saturated carbocycles. The zero-order chi connectivity index (χ0) is 23.2. The molecule has 3 heterocycles. The molecule has 3 aromatic rings. The number of hydrogen-bond donors (Lipinski definition) is 0. The molecule has 3 aliphatic heterocycles. The third kappa shape index (κ3) is 3.73. The van der Waals surface area contributed by atoms with Crippen LogP contribution < -0.4 is 23.7 Å². The summed E-state index contributed by atoms with van der Waals surface area (Å²) in [6.07, 6.45) is 1.70. The number of carbonyl (C=O) groups excluding carboxylic acids is 1. The first-order valence-corrected chi connectivity index (χ1v) is 11.1. The Morgan fingerprint density at radius 3 is 2.79 bits per heavy atom. The van der Waals surface area contributed by atoms with Gasteiger partial charge in [-0.1, -0.05) is 17.7 Å². The van der Waals surface area contributed by atoms with Crippen LogP contribution in [-0.4, -0.2) is 19.4 Å². The molecule has 0 saturated heterocycles. The Morgan fingerprint density at radius 1 is 1.00 bits per heavy atom. The number of allylic oxidation sites excluding steroid dienone is 1. The van der Waals surface area contributed by atoms with Gasteiger partial charge in [-0.15, -0.1) is 0 Å². The average molecular weight is 479 g/mol. The summed E-state index contributed by atoms with van der Waals surface area (Å²) in [6, 6.07) is 12.7. The molecule has 0 amide bonds. The molecule has 0 bridgehead atoms. The van der Waals surface area contributed by atoms with Gasteiger partial charge in [0.2, 0.25) is 12.6 Å². The number of benzene rings is 3. The molecule has 3 aliphatic rings. The topological polar surface area (TPSA) is 72.5 Å². The maximum atomic E-state index is 13.0. The van der Waals surface area contributed by atoms with E-state index < -0.39 is 0 Å². The molecule has 34 heavy (non-hydrogen) atoms. The van der Waals surface area contributed by atoms with Gasteiger partial charge in [-0.3, -0.25) is 4.79 Å². The van der Waals surface area contributed by atoms with E-state index in [0.717, 1.165) is 28.0 Å². The summed E-state index contributed by atoms with van der Waals surface area (Å²) < 4.78 is 33.7. The smallest absolute Gasteiger partial charge is 0.232 e. The van der Waals surface area contributed by atoms with E-state index in [9.17, 15) is 4.79 Å². The summed E-state index contributed by atoms with van der Waals surface area (Å²) in [6.45, 7) is 2.92. The predicted molar refractivity (Wildman–Crippen MR) is 123 cm³/mol. The molecule has 0 aromatic heterocycles. The fraction of sp³-hybridized carbons (Fsp3) is 0.192. The van der Waals surface area contributed by atoms with Crippen molar-refractivity contribution in [3.63, 3.8) is 0 Å². The number of hydrogen-bond acceptors (Lipinski definition) is 7. The predicted octanol–water partition coefficient (Wildman–Crippen LogP) is 5.44. The van der Waals surface area contributed by atoms with Gasteiger partial charge in [0.05, 0.1) is 12.2 Å². The van der Waals surface area contributed by atoms with Gasteiger partial charge in [0.1, 0.15) is 23.9 Å². The first kappa shape index (κ1) is 20.9. The maximum absolute atomic E-state index is 13.0. The van der Waals surface area contributed by atoms with Gasteiger partial charge in [-0.25, -0.2) is 0 Å². The number of ether oxygens (including phenoxy) is 6. The average Bonchev–Trinajstić information content (AvgIpc) is 3.41. The molecule has 0 fully saturated rings. The number of aryl methyl sites for hydroxylation is 1. The van der Waals surface area contributed by atoms with Crippen LogP contribution in [0.15, 0.2) is 48.2 Å². The van der Waals surface area contributed by atoms with Crippen LogP contribution in [0.25, 0.3) is 6.08 Å². The number of halogens is 1. The van der Waals surface area contributed by atoms with Crippen molar-refractivity contribution in [1.29, 1.82) is 0 Å². The van der Waals surface area contributed by atoms with Crippen molar-refractivity contribution in [2.75, 3.05) is 13.6 Å². The quantitative estimate of drug-likeness (QED) is 0.462. The van der Waals surface area contributed by atoms with Crippen molar-refractivity contribution in [3.05, 3.63) is 81.1 Å². The fourth-order valence-corrected chi connectivity index (χ4v) is 4.50. The molecule has 0 N–H and O–H groups in total. The van der Waals surface area contributed by atoms with Crippen molar-refractivity contribution in [3.8, 4) is 28.7 Å². The Hall–Kier alpha value is -3.68. The monoisotopic (exact) mass is 478 g/mol. The summed E-state index contributed by atoms with van der Waals surface area (Å²) in [7, 11) is 0. The summed E-state index contributed by atoms with van der Waals surface area (Å²) in [5.74, 6) is 3.16. The third-order valence-electron chi connectivity index (χ3n) is 5.78. The van der Waals surface area contributed by atoms with Gasteiger partial charge >= 0.3 is 0 Å². The standard InChI is InChI=1S/C26H19ClO7/c1-14-4-19(30-11-17-8-18(27)7-16-10-29-12-33-26(16)17)9-22-24(14)25(28)23(34-22)6-15-2-3-20-21(5-15)32-13-31-20/h2-9H,10-13H2,1H3/b23-6-. The second-order valence-electron chi connectivity index (χ2n) is 8.12. The van der Waals surface area contributed by atoms with Gasteiger partial charge in [-0.2, -0.15) is 0 Å². The van der Waals surface area contributed by atoms with Gasteiger partial charge in [0.25, 0.3) is 0 Å². The SMILES string of the molecule is Cc1cc(OCc2cc(Cl)cc3c2OCOC3)cc2c1C(=O)/C(=C/c1ccc3c(c1)OCO3)O2. The lowest BCUT2D eigenvalue weighted by atomic mass is 10.0. The van der Waals surface area contributed by atoms with E-state index in [0.29, 0.717) is 40.2 Å². The minimum Gasteiger partial charge on any atom is -0.489 e. The molecule has 7 nitrogen and oxygen atoms in total. The Kier molecular flexibility index (Phi) is 5.08. The molecule has 0 radical (unpaired) electrons. The summed E-state index contributed by atoms with van der Waals surface area (Å²) in [5, 5.41) is 0.587. The highest BCUT2D eigenvalue weighted by molar-refractivity contribution is 6.30. The fourth-order valence-electron chi connectivity index (χ4n) is 4.24. The largest absolute Gasteiger partial charge is 0.489 e. The van der Waals surface area contributed by atoms with Crippen molar-refractivity contribution in [2.24, 2.45) is 0 Å². The third-order valence-corrected chi connectivity index (χ3v) is 6.00. The minimum atomic E-state index is -0.172. The Labute approximate surface area is 200 Å². The molecule has 0 unspecified atom stereocenters. The van der Waals surface area contributed by atoms with E-state index >= 15 is 0 Å². The summed E-state index contributed by atoms with van der Waals surface area (Å²) in [5.41, 5.74) is 3.78. The lowest BCUT2D eigenvalue weighted by Crippen LogP contribution is -2.14. The Bertz CT molecular complexity index is 1360. The van der Waals surface area contributed by atoms with Crippen LogP contribution in [0, 0.1) is 6.92 Å². The number of ketones is 1.